The van der Waals surface area contributed by atoms with Crippen molar-refractivity contribution in [2.75, 3.05) is 13.1 Å². The monoisotopic (exact) mass is 326 g/mol. The van der Waals surface area contributed by atoms with E-state index in [2.05, 4.69) is 4.98 Å². The molecule has 1 aliphatic heterocycles. The van der Waals surface area contributed by atoms with E-state index in [-0.39, 0.29) is 12.5 Å². The highest BCUT2D eigenvalue weighted by molar-refractivity contribution is 5.94. The van der Waals surface area contributed by atoms with E-state index in [9.17, 15) is 9.59 Å². The summed E-state index contributed by atoms with van der Waals surface area (Å²) in [5.74, 6) is -0.796. The van der Waals surface area contributed by atoms with Gasteiger partial charge in [-0.1, -0.05) is 6.07 Å². The van der Waals surface area contributed by atoms with Gasteiger partial charge in [0.1, 0.15) is 12.4 Å². The lowest BCUT2D eigenvalue weighted by atomic mass is 10.1. The molecule has 0 spiro atoms. The van der Waals surface area contributed by atoms with Crippen molar-refractivity contribution < 1.29 is 19.4 Å². The molecular weight excluding hydrogens is 308 g/mol. The molecule has 1 aliphatic rings. The van der Waals surface area contributed by atoms with Gasteiger partial charge in [0.25, 0.3) is 5.91 Å². The number of hydrogen-bond acceptors (Lipinski definition) is 4. The molecule has 124 valence electrons. The van der Waals surface area contributed by atoms with Gasteiger partial charge < -0.3 is 14.7 Å². The number of rotatable bonds is 5. The van der Waals surface area contributed by atoms with Gasteiger partial charge in [0.15, 0.2) is 0 Å². The molecule has 0 aliphatic carbocycles. The lowest BCUT2D eigenvalue weighted by Gasteiger charge is -2.16. The number of likely N-dealkylation sites (tertiary alicyclic amines) is 1. The molecule has 1 amide bonds. The molecule has 0 saturated carbocycles. The highest BCUT2D eigenvalue weighted by Gasteiger charge is 2.31. The van der Waals surface area contributed by atoms with Gasteiger partial charge in [-0.25, -0.2) is 0 Å². The summed E-state index contributed by atoms with van der Waals surface area (Å²) >= 11 is 0. The minimum absolute atomic E-state index is 0.143. The molecule has 1 fully saturated rings. The van der Waals surface area contributed by atoms with E-state index in [4.69, 9.17) is 9.84 Å². The Morgan fingerprint density at radius 1 is 1.21 bits per heavy atom. The first kappa shape index (κ1) is 16.0. The fourth-order valence-electron chi connectivity index (χ4n) is 2.66. The van der Waals surface area contributed by atoms with E-state index < -0.39 is 11.9 Å². The van der Waals surface area contributed by atoms with Crippen LogP contribution in [0, 0.1) is 5.92 Å². The van der Waals surface area contributed by atoms with Gasteiger partial charge in [0.2, 0.25) is 0 Å². The maximum atomic E-state index is 12.4. The molecule has 0 bridgehead atoms. The van der Waals surface area contributed by atoms with E-state index in [0.717, 1.165) is 5.69 Å². The van der Waals surface area contributed by atoms with Crippen LogP contribution in [0.4, 0.5) is 0 Å². The summed E-state index contributed by atoms with van der Waals surface area (Å²) < 4.78 is 5.64. The van der Waals surface area contributed by atoms with Crippen LogP contribution in [0.5, 0.6) is 5.75 Å². The van der Waals surface area contributed by atoms with Crippen LogP contribution in [0.25, 0.3) is 0 Å². The minimum atomic E-state index is -0.844. The Balaban J connectivity index is 1.58. The van der Waals surface area contributed by atoms with Crippen molar-refractivity contribution in [2.45, 2.75) is 13.0 Å². The highest BCUT2D eigenvalue weighted by atomic mass is 16.5. The molecule has 1 aromatic heterocycles. The van der Waals surface area contributed by atoms with E-state index in [1.807, 2.05) is 18.2 Å². The number of amides is 1. The molecule has 3 rings (SSSR count). The second-order valence-corrected chi connectivity index (χ2v) is 5.71. The first-order valence-corrected chi connectivity index (χ1v) is 7.78. The number of carbonyl (C=O) groups is 2. The molecule has 0 unspecified atom stereocenters. The number of benzene rings is 1. The zero-order chi connectivity index (χ0) is 16.9. The average Bonchev–Trinajstić information content (AvgIpc) is 3.11. The Hall–Kier alpha value is -2.89. The Morgan fingerprint density at radius 2 is 2.00 bits per heavy atom. The molecule has 1 aromatic carbocycles. The predicted molar refractivity (Wildman–Crippen MR) is 86.7 cm³/mol. The van der Waals surface area contributed by atoms with Gasteiger partial charge in [-0.2, -0.15) is 0 Å². The third-order valence-corrected chi connectivity index (χ3v) is 4.04. The summed E-state index contributed by atoms with van der Waals surface area (Å²) in [4.78, 5) is 29.1. The average molecular weight is 326 g/mol. The molecule has 2 heterocycles. The standard InChI is InChI=1S/C18H18N2O4/c21-17(20-10-8-14(11-20)18(22)23)13-4-6-16(7-5-13)24-12-15-3-1-2-9-19-15/h1-7,9,14H,8,10-12H2,(H,22,23)/t14-/m1/s1. The van der Waals surface area contributed by atoms with Crippen LogP contribution in [0.15, 0.2) is 48.7 Å². The van der Waals surface area contributed by atoms with Crippen molar-refractivity contribution in [1.82, 2.24) is 9.88 Å². The normalized spacial score (nSPS) is 16.8. The van der Waals surface area contributed by atoms with Crippen LogP contribution < -0.4 is 4.74 Å². The van der Waals surface area contributed by atoms with E-state index in [1.165, 1.54) is 0 Å². The number of carbonyl (C=O) groups excluding carboxylic acids is 1. The first-order valence-electron chi connectivity index (χ1n) is 7.78. The number of pyridine rings is 1. The van der Waals surface area contributed by atoms with Crippen LogP contribution in [0.1, 0.15) is 22.5 Å². The molecular formula is C18H18N2O4. The van der Waals surface area contributed by atoms with Crippen LogP contribution in [-0.4, -0.2) is 40.0 Å². The number of carboxylic acid groups (broad SMARTS) is 1. The van der Waals surface area contributed by atoms with Crippen LogP contribution >= 0.6 is 0 Å². The van der Waals surface area contributed by atoms with Gasteiger partial charge in [-0.3, -0.25) is 14.6 Å². The number of ether oxygens (including phenoxy) is 1. The molecule has 0 radical (unpaired) electrons. The van der Waals surface area contributed by atoms with Crippen molar-refractivity contribution in [3.63, 3.8) is 0 Å². The number of hydrogen-bond donors (Lipinski definition) is 1. The second-order valence-electron chi connectivity index (χ2n) is 5.71. The number of aromatic nitrogens is 1. The van der Waals surface area contributed by atoms with Gasteiger partial charge in [-0.05, 0) is 42.8 Å². The fourth-order valence-corrected chi connectivity index (χ4v) is 2.66. The van der Waals surface area contributed by atoms with Gasteiger partial charge in [0, 0.05) is 24.8 Å². The largest absolute Gasteiger partial charge is 0.487 e. The van der Waals surface area contributed by atoms with E-state index >= 15 is 0 Å². The van der Waals surface area contributed by atoms with E-state index in [0.29, 0.717) is 30.9 Å². The maximum Gasteiger partial charge on any atom is 0.308 e. The second kappa shape index (κ2) is 7.12. The van der Waals surface area contributed by atoms with Crippen molar-refractivity contribution in [3.05, 3.63) is 59.9 Å². The van der Waals surface area contributed by atoms with Gasteiger partial charge in [0.05, 0.1) is 11.6 Å². The Bertz CT molecular complexity index is 716. The zero-order valence-electron chi connectivity index (χ0n) is 13.1. The van der Waals surface area contributed by atoms with Crippen molar-refractivity contribution in [3.8, 4) is 5.75 Å². The third-order valence-electron chi connectivity index (χ3n) is 4.04. The van der Waals surface area contributed by atoms with Gasteiger partial charge >= 0.3 is 5.97 Å². The number of aliphatic carboxylic acids is 1. The molecule has 1 N–H and O–H groups in total. The van der Waals surface area contributed by atoms with Gasteiger partial charge in [-0.15, -0.1) is 0 Å². The summed E-state index contributed by atoms with van der Waals surface area (Å²) in [7, 11) is 0. The zero-order valence-corrected chi connectivity index (χ0v) is 13.1. The summed E-state index contributed by atoms with van der Waals surface area (Å²) in [6.07, 6.45) is 2.22. The van der Waals surface area contributed by atoms with Crippen LogP contribution in [0.2, 0.25) is 0 Å². The predicted octanol–water partition coefficient (Wildman–Crippen LogP) is 2.21. The van der Waals surface area contributed by atoms with Crippen LogP contribution in [-0.2, 0) is 11.4 Å². The molecule has 1 saturated heterocycles. The highest BCUT2D eigenvalue weighted by Crippen LogP contribution is 2.20. The van der Waals surface area contributed by atoms with Crippen molar-refractivity contribution >= 4 is 11.9 Å². The lowest BCUT2D eigenvalue weighted by Crippen LogP contribution is -2.29. The third kappa shape index (κ3) is 3.71. The Morgan fingerprint density at radius 3 is 2.62 bits per heavy atom. The maximum absolute atomic E-state index is 12.4. The molecule has 6 heteroatoms. The molecule has 2 aromatic rings. The summed E-state index contributed by atoms with van der Waals surface area (Å²) in [5, 5.41) is 9.01. The van der Waals surface area contributed by atoms with Crippen LogP contribution in [0.3, 0.4) is 0 Å². The summed E-state index contributed by atoms with van der Waals surface area (Å²) in [6.45, 7) is 1.11. The molecule has 24 heavy (non-hydrogen) atoms. The number of carboxylic acids is 1. The first-order chi connectivity index (χ1) is 11.6. The molecule has 6 nitrogen and oxygen atoms in total. The smallest absolute Gasteiger partial charge is 0.308 e. The SMILES string of the molecule is O=C(O)[C@@H]1CCN(C(=O)c2ccc(OCc3ccccn3)cc2)C1. The molecule has 1 atom stereocenters. The van der Waals surface area contributed by atoms with Crippen molar-refractivity contribution in [1.29, 1.82) is 0 Å². The fraction of sp³-hybridized carbons (Fsp3) is 0.278. The Labute approximate surface area is 139 Å². The van der Waals surface area contributed by atoms with E-state index in [1.54, 1.807) is 35.4 Å². The lowest BCUT2D eigenvalue weighted by molar-refractivity contribution is -0.141. The number of nitrogens with zero attached hydrogens (tertiary/aromatic N) is 2. The topological polar surface area (TPSA) is 79.7 Å². The quantitative estimate of drug-likeness (QED) is 0.911. The summed E-state index contributed by atoms with van der Waals surface area (Å²) in [5.41, 5.74) is 1.36. The Kier molecular flexibility index (Phi) is 4.74. The van der Waals surface area contributed by atoms with Crippen molar-refractivity contribution in [2.24, 2.45) is 5.92 Å². The summed E-state index contributed by atoms with van der Waals surface area (Å²) in [6, 6.07) is 12.5. The minimum Gasteiger partial charge on any atom is -0.487 e.